The zero-order valence-electron chi connectivity index (χ0n) is 12.1. The number of benzene rings is 3. The van der Waals surface area contributed by atoms with Crippen molar-refractivity contribution in [1.82, 2.24) is 0 Å². The van der Waals surface area contributed by atoms with E-state index in [2.05, 4.69) is 18.2 Å². The Balaban J connectivity index is 1.90. The second-order valence-electron chi connectivity index (χ2n) is 5.02. The van der Waals surface area contributed by atoms with Gasteiger partial charge in [-0.15, -0.1) is 0 Å². The molecule has 0 aliphatic heterocycles. The lowest BCUT2D eigenvalue weighted by Gasteiger charge is -2.05. The van der Waals surface area contributed by atoms with Crippen molar-refractivity contribution in [2.45, 2.75) is 0 Å². The highest BCUT2D eigenvalue weighted by Crippen LogP contribution is 2.24. The van der Waals surface area contributed by atoms with Crippen molar-refractivity contribution in [3.63, 3.8) is 0 Å². The molecule has 0 heterocycles. The van der Waals surface area contributed by atoms with Gasteiger partial charge in [0.05, 0.1) is 0 Å². The van der Waals surface area contributed by atoms with Crippen LogP contribution < -0.4 is 0 Å². The van der Waals surface area contributed by atoms with Crippen LogP contribution in [0.3, 0.4) is 0 Å². The molecular weight excluding hydrogens is 268 g/mol. The Bertz CT molecular complexity index is 786. The molecule has 0 bridgehead atoms. The monoisotopic (exact) mass is 284 g/mol. The van der Waals surface area contributed by atoms with Crippen molar-refractivity contribution < 1.29 is 4.79 Å². The smallest absolute Gasteiger partial charge is 0.185 e. The molecule has 0 atom stereocenters. The molecule has 1 nitrogen and oxygen atoms in total. The summed E-state index contributed by atoms with van der Waals surface area (Å²) in [4.78, 5) is 12.2. The molecule has 0 aliphatic rings. The first-order valence-corrected chi connectivity index (χ1v) is 7.26. The fraction of sp³-hybridized carbons (Fsp3) is 0. The van der Waals surface area contributed by atoms with Crippen molar-refractivity contribution in [3.05, 3.63) is 102 Å². The predicted octanol–water partition coefficient (Wildman–Crippen LogP) is 5.25. The van der Waals surface area contributed by atoms with Crippen LogP contribution in [0.25, 0.3) is 17.2 Å². The fourth-order valence-corrected chi connectivity index (χ4v) is 2.39. The van der Waals surface area contributed by atoms with Crippen LogP contribution in [-0.4, -0.2) is 5.78 Å². The molecular formula is C21H16O. The molecule has 0 saturated carbocycles. The molecule has 0 N–H and O–H groups in total. The summed E-state index contributed by atoms with van der Waals surface area (Å²) < 4.78 is 0. The third kappa shape index (κ3) is 3.21. The van der Waals surface area contributed by atoms with Crippen molar-refractivity contribution in [2.75, 3.05) is 0 Å². The van der Waals surface area contributed by atoms with Crippen molar-refractivity contribution in [1.29, 1.82) is 0 Å². The van der Waals surface area contributed by atoms with Gasteiger partial charge in [0.2, 0.25) is 0 Å². The van der Waals surface area contributed by atoms with E-state index in [-0.39, 0.29) is 5.78 Å². The molecule has 3 aromatic carbocycles. The number of ketones is 1. The van der Waals surface area contributed by atoms with Gasteiger partial charge in [0.15, 0.2) is 5.78 Å². The number of carbonyl (C=O) groups excluding carboxylic acids is 1. The van der Waals surface area contributed by atoms with Gasteiger partial charge >= 0.3 is 0 Å². The molecule has 0 spiro atoms. The largest absolute Gasteiger partial charge is 0.289 e. The molecule has 1 heteroatoms. The maximum atomic E-state index is 12.2. The summed E-state index contributed by atoms with van der Waals surface area (Å²) in [6.07, 6.45) is 3.52. The standard InChI is InChI=1S/C21H16O/c22-21(19-12-5-2-6-13-19)16-15-18-11-7-8-14-20(18)17-9-3-1-4-10-17/h1-16H/b16-15-. The zero-order valence-corrected chi connectivity index (χ0v) is 12.1. The maximum Gasteiger partial charge on any atom is 0.185 e. The van der Waals surface area contributed by atoms with Gasteiger partial charge in [-0.3, -0.25) is 4.79 Å². The highest BCUT2D eigenvalue weighted by molar-refractivity contribution is 6.07. The summed E-state index contributed by atoms with van der Waals surface area (Å²) in [7, 11) is 0. The van der Waals surface area contributed by atoms with Crippen LogP contribution in [0.2, 0.25) is 0 Å². The Morgan fingerprint density at radius 3 is 2.00 bits per heavy atom. The van der Waals surface area contributed by atoms with Crippen molar-refractivity contribution in [3.8, 4) is 11.1 Å². The lowest BCUT2D eigenvalue weighted by molar-refractivity contribution is 0.104. The molecule has 0 aliphatic carbocycles. The Labute approximate surface area is 130 Å². The lowest BCUT2D eigenvalue weighted by Crippen LogP contribution is -1.93. The summed E-state index contributed by atoms with van der Waals surface area (Å²) in [5.41, 5.74) is 4.02. The SMILES string of the molecule is O=C(/C=C\c1ccccc1-c1ccccc1)c1ccccc1. The molecule has 0 fully saturated rings. The first-order valence-electron chi connectivity index (χ1n) is 7.26. The highest BCUT2D eigenvalue weighted by atomic mass is 16.1. The Hall–Kier alpha value is -2.93. The van der Waals surface area contributed by atoms with Crippen LogP contribution >= 0.6 is 0 Å². The summed E-state index contributed by atoms with van der Waals surface area (Å²) in [5, 5.41) is 0. The molecule has 0 unspecified atom stereocenters. The number of carbonyl (C=O) groups is 1. The number of allylic oxidation sites excluding steroid dienone is 1. The normalized spacial score (nSPS) is 10.7. The summed E-state index contributed by atoms with van der Waals surface area (Å²) >= 11 is 0. The molecule has 3 rings (SSSR count). The van der Waals surface area contributed by atoms with Crippen LogP contribution in [0.5, 0.6) is 0 Å². The molecule has 106 valence electrons. The van der Waals surface area contributed by atoms with Crippen LogP contribution in [0.15, 0.2) is 91.0 Å². The van der Waals surface area contributed by atoms with Crippen LogP contribution in [0.4, 0.5) is 0 Å². The Kier molecular flexibility index (Phi) is 4.26. The highest BCUT2D eigenvalue weighted by Gasteiger charge is 2.03. The van der Waals surface area contributed by atoms with E-state index in [1.807, 2.05) is 72.8 Å². The summed E-state index contributed by atoms with van der Waals surface area (Å²) in [6.45, 7) is 0. The third-order valence-electron chi connectivity index (χ3n) is 3.52. The summed E-state index contributed by atoms with van der Waals surface area (Å²) in [5.74, 6) is 0.0171. The van der Waals surface area contributed by atoms with Gasteiger partial charge in [-0.05, 0) is 22.8 Å². The molecule has 0 radical (unpaired) electrons. The minimum Gasteiger partial charge on any atom is -0.289 e. The first-order chi connectivity index (χ1) is 10.8. The Morgan fingerprint density at radius 1 is 0.682 bits per heavy atom. The zero-order chi connectivity index (χ0) is 15.2. The third-order valence-corrected chi connectivity index (χ3v) is 3.52. The van der Waals surface area contributed by atoms with E-state index < -0.39 is 0 Å². The van der Waals surface area contributed by atoms with Gasteiger partial charge in [0.25, 0.3) is 0 Å². The molecule has 0 saturated heterocycles. The minimum absolute atomic E-state index is 0.0171. The van der Waals surface area contributed by atoms with Crippen molar-refractivity contribution in [2.24, 2.45) is 0 Å². The second-order valence-corrected chi connectivity index (χ2v) is 5.02. The van der Waals surface area contributed by atoms with Gasteiger partial charge in [0, 0.05) is 5.56 Å². The predicted molar refractivity (Wildman–Crippen MR) is 91.7 cm³/mol. The quantitative estimate of drug-likeness (QED) is 0.472. The van der Waals surface area contributed by atoms with Gasteiger partial charge in [0.1, 0.15) is 0 Å². The molecule has 3 aromatic rings. The number of hydrogen-bond donors (Lipinski definition) is 0. The summed E-state index contributed by atoms with van der Waals surface area (Å²) in [6, 6.07) is 27.6. The van der Waals surface area contributed by atoms with Gasteiger partial charge in [-0.25, -0.2) is 0 Å². The van der Waals surface area contributed by atoms with Gasteiger partial charge in [-0.1, -0.05) is 91.0 Å². The topological polar surface area (TPSA) is 17.1 Å². The minimum atomic E-state index is 0.0171. The number of rotatable bonds is 4. The molecule has 0 amide bonds. The van der Waals surface area contributed by atoms with E-state index in [9.17, 15) is 4.79 Å². The average Bonchev–Trinajstić information content (AvgIpc) is 2.61. The first kappa shape index (κ1) is 14.0. The van der Waals surface area contributed by atoms with E-state index in [1.165, 1.54) is 0 Å². The average molecular weight is 284 g/mol. The fourth-order valence-electron chi connectivity index (χ4n) is 2.39. The van der Waals surface area contributed by atoms with E-state index >= 15 is 0 Å². The number of hydrogen-bond acceptors (Lipinski definition) is 1. The van der Waals surface area contributed by atoms with E-state index in [4.69, 9.17) is 0 Å². The van der Waals surface area contributed by atoms with Gasteiger partial charge < -0.3 is 0 Å². The second kappa shape index (κ2) is 6.68. The van der Waals surface area contributed by atoms with Gasteiger partial charge in [-0.2, -0.15) is 0 Å². The van der Waals surface area contributed by atoms with Crippen LogP contribution in [0.1, 0.15) is 15.9 Å². The lowest BCUT2D eigenvalue weighted by atomic mass is 9.99. The van der Waals surface area contributed by atoms with E-state index in [0.717, 1.165) is 16.7 Å². The van der Waals surface area contributed by atoms with E-state index in [1.54, 1.807) is 6.08 Å². The molecule has 22 heavy (non-hydrogen) atoms. The van der Waals surface area contributed by atoms with E-state index in [0.29, 0.717) is 5.56 Å². The van der Waals surface area contributed by atoms with Crippen molar-refractivity contribution >= 4 is 11.9 Å². The Morgan fingerprint density at radius 2 is 1.27 bits per heavy atom. The van der Waals surface area contributed by atoms with Crippen LogP contribution in [0, 0.1) is 0 Å². The molecule has 0 aromatic heterocycles. The maximum absolute atomic E-state index is 12.2. The van der Waals surface area contributed by atoms with Crippen LogP contribution in [-0.2, 0) is 0 Å².